The van der Waals surface area contributed by atoms with E-state index in [0.717, 1.165) is 5.69 Å². The summed E-state index contributed by atoms with van der Waals surface area (Å²) in [5.41, 5.74) is 1.42. The maximum Gasteiger partial charge on any atom is 0.434 e. The molecule has 3 rings (SSSR count). The summed E-state index contributed by atoms with van der Waals surface area (Å²) in [6.07, 6.45) is 3.05. The van der Waals surface area contributed by atoms with Crippen LogP contribution >= 0.6 is 0 Å². The molecule has 0 radical (unpaired) electrons. The summed E-state index contributed by atoms with van der Waals surface area (Å²) in [4.78, 5) is 19.1. The highest BCUT2D eigenvalue weighted by molar-refractivity contribution is 5.55. The normalized spacial score (nSPS) is 10.3. The van der Waals surface area contributed by atoms with Crippen molar-refractivity contribution < 1.29 is 4.42 Å². The van der Waals surface area contributed by atoms with Crippen LogP contribution in [0.4, 0.5) is 11.6 Å². The van der Waals surface area contributed by atoms with E-state index in [1.54, 1.807) is 0 Å². The number of aromatic amines is 1. The van der Waals surface area contributed by atoms with Crippen LogP contribution in [-0.4, -0.2) is 20.2 Å². The fourth-order valence-corrected chi connectivity index (χ4v) is 1.51. The second kappa shape index (κ2) is 4.73. The summed E-state index contributed by atoms with van der Waals surface area (Å²) < 4.78 is 4.81. The topological polar surface area (TPSA) is 96.7 Å². The molecular weight excluding hydrogens is 246 g/mol. The third-order valence-electron chi connectivity index (χ3n) is 2.37. The first-order valence-electron chi connectivity index (χ1n) is 5.51. The monoisotopic (exact) mass is 255 g/mol. The molecule has 0 saturated carbocycles. The van der Waals surface area contributed by atoms with Crippen molar-refractivity contribution in [1.29, 1.82) is 0 Å². The lowest BCUT2D eigenvalue weighted by Gasteiger charge is -2.03. The van der Waals surface area contributed by atoms with Gasteiger partial charge in [-0.2, -0.15) is 0 Å². The van der Waals surface area contributed by atoms with E-state index in [9.17, 15) is 4.79 Å². The number of hydrogen-bond donors (Lipinski definition) is 2. The van der Waals surface area contributed by atoms with E-state index in [1.807, 2.05) is 30.3 Å². The quantitative estimate of drug-likeness (QED) is 0.737. The Hall–Kier alpha value is -2.96. The van der Waals surface area contributed by atoms with Crippen LogP contribution < -0.4 is 11.1 Å². The third kappa shape index (κ3) is 2.49. The van der Waals surface area contributed by atoms with E-state index >= 15 is 0 Å². The van der Waals surface area contributed by atoms with Gasteiger partial charge in [-0.3, -0.25) is 0 Å². The van der Waals surface area contributed by atoms with Crippen molar-refractivity contribution in [3.63, 3.8) is 0 Å². The smallest absolute Gasteiger partial charge is 0.388 e. The van der Waals surface area contributed by atoms with Crippen LogP contribution in [0.15, 0.2) is 51.9 Å². The lowest BCUT2D eigenvalue weighted by Crippen LogP contribution is -1.96. The first kappa shape index (κ1) is 11.1. The van der Waals surface area contributed by atoms with Crippen molar-refractivity contribution in [2.75, 3.05) is 5.32 Å². The zero-order chi connectivity index (χ0) is 13.1. The molecule has 3 aromatic rings. The first-order valence-corrected chi connectivity index (χ1v) is 5.51. The Morgan fingerprint density at radius 1 is 1.11 bits per heavy atom. The fourth-order valence-electron chi connectivity index (χ4n) is 1.51. The lowest BCUT2D eigenvalue weighted by atomic mass is 10.3. The van der Waals surface area contributed by atoms with Crippen molar-refractivity contribution >= 4 is 11.6 Å². The van der Waals surface area contributed by atoms with Gasteiger partial charge in [0, 0.05) is 18.1 Å². The van der Waals surface area contributed by atoms with E-state index < -0.39 is 5.76 Å². The van der Waals surface area contributed by atoms with Crippen molar-refractivity contribution in [3.05, 3.63) is 53.3 Å². The van der Waals surface area contributed by atoms with Crippen LogP contribution in [-0.2, 0) is 0 Å². The standard InChI is InChI=1S/C12H9N5O2/c18-12-17-16-10(19-12)8-6-13-11(14-7-8)15-9-4-2-1-3-5-9/h1-7H,(H,17,18)(H,13,14,15). The molecule has 0 spiro atoms. The van der Waals surface area contributed by atoms with Crippen LogP contribution in [0, 0.1) is 0 Å². The average Bonchev–Trinajstić information content (AvgIpc) is 2.87. The second-order valence-corrected chi connectivity index (χ2v) is 3.70. The van der Waals surface area contributed by atoms with E-state index in [1.165, 1.54) is 12.4 Å². The molecule has 0 aliphatic heterocycles. The Kier molecular flexibility index (Phi) is 2.77. The van der Waals surface area contributed by atoms with Gasteiger partial charge < -0.3 is 9.73 Å². The van der Waals surface area contributed by atoms with E-state index in [4.69, 9.17) is 4.42 Å². The number of rotatable bonds is 3. The van der Waals surface area contributed by atoms with Gasteiger partial charge in [-0.05, 0) is 12.1 Å². The van der Waals surface area contributed by atoms with Gasteiger partial charge in [0.25, 0.3) is 5.89 Å². The number of aromatic nitrogens is 4. The lowest BCUT2D eigenvalue weighted by molar-refractivity contribution is 0.526. The van der Waals surface area contributed by atoms with E-state index in [2.05, 4.69) is 25.5 Å². The van der Waals surface area contributed by atoms with Gasteiger partial charge in [0.05, 0.1) is 5.56 Å². The maximum absolute atomic E-state index is 10.8. The average molecular weight is 255 g/mol. The molecule has 7 heteroatoms. The number of anilines is 2. The minimum Gasteiger partial charge on any atom is -0.388 e. The van der Waals surface area contributed by atoms with Gasteiger partial charge in [-0.25, -0.2) is 19.9 Å². The zero-order valence-electron chi connectivity index (χ0n) is 9.70. The summed E-state index contributed by atoms with van der Waals surface area (Å²) >= 11 is 0. The van der Waals surface area contributed by atoms with Crippen LogP contribution in [0.5, 0.6) is 0 Å². The summed E-state index contributed by atoms with van der Waals surface area (Å²) in [6, 6.07) is 9.56. The van der Waals surface area contributed by atoms with E-state index in [0.29, 0.717) is 11.5 Å². The molecule has 0 aliphatic rings. The Bertz CT molecular complexity index is 718. The largest absolute Gasteiger partial charge is 0.434 e. The number of nitrogens with one attached hydrogen (secondary N) is 2. The van der Waals surface area contributed by atoms with Crippen molar-refractivity contribution in [1.82, 2.24) is 20.2 Å². The highest BCUT2D eigenvalue weighted by Crippen LogP contribution is 2.15. The highest BCUT2D eigenvalue weighted by atomic mass is 16.4. The van der Waals surface area contributed by atoms with Gasteiger partial charge in [0.1, 0.15) is 0 Å². The molecule has 0 unspecified atom stereocenters. The summed E-state index contributed by atoms with van der Waals surface area (Å²) in [6.45, 7) is 0. The van der Waals surface area contributed by atoms with Gasteiger partial charge in [-0.1, -0.05) is 18.2 Å². The number of hydrogen-bond acceptors (Lipinski definition) is 6. The molecule has 0 amide bonds. The van der Waals surface area contributed by atoms with E-state index in [-0.39, 0.29) is 5.89 Å². The van der Waals surface area contributed by atoms with Crippen LogP contribution in [0.1, 0.15) is 0 Å². The van der Waals surface area contributed by atoms with Crippen molar-refractivity contribution in [2.45, 2.75) is 0 Å². The van der Waals surface area contributed by atoms with Crippen LogP contribution in [0.3, 0.4) is 0 Å². The predicted octanol–water partition coefficient (Wildman–Crippen LogP) is 1.56. The molecule has 0 aliphatic carbocycles. The van der Waals surface area contributed by atoms with Gasteiger partial charge in [-0.15, -0.1) is 5.10 Å². The molecule has 2 heterocycles. The Morgan fingerprint density at radius 3 is 2.47 bits per heavy atom. The molecule has 94 valence electrons. The number of H-pyrrole nitrogens is 1. The van der Waals surface area contributed by atoms with Gasteiger partial charge in [0.2, 0.25) is 5.95 Å². The number of para-hydroxylation sites is 1. The molecule has 1 aromatic carbocycles. The number of benzene rings is 1. The molecule has 7 nitrogen and oxygen atoms in total. The molecule has 19 heavy (non-hydrogen) atoms. The minimum atomic E-state index is -0.610. The Labute approximate surface area is 107 Å². The maximum atomic E-state index is 10.8. The molecular formula is C12H9N5O2. The number of nitrogens with zero attached hydrogens (tertiary/aromatic N) is 3. The van der Waals surface area contributed by atoms with Gasteiger partial charge in [0.15, 0.2) is 0 Å². The summed E-state index contributed by atoms with van der Waals surface area (Å²) in [5, 5.41) is 8.92. The fraction of sp³-hybridized carbons (Fsp3) is 0. The van der Waals surface area contributed by atoms with Crippen molar-refractivity contribution in [2.24, 2.45) is 0 Å². The molecule has 0 atom stereocenters. The predicted molar refractivity (Wildman–Crippen MR) is 67.9 cm³/mol. The van der Waals surface area contributed by atoms with Crippen molar-refractivity contribution in [3.8, 4) is 11.5 Å². The van der Waals surface area contributed by atoms with Gasteiger partial charge >= 0.3 is 5.76 Å². The molecule has 0 bridgehead atoms. The first-order chi connectivity index (χ1) is 9.31. The molecule has 2 N–H and O–H groups in total. The second-order valence-electron chi connectivity index (χ2n) is 3.70. The van der Waals surface area contributed by atoms with Crippen LogP contribution in [0.2, 0.25) is 0 Å². The Morgan fingerprint density at radius 2 is 1.84 bits per heavy atom. The van der Waals surface area contributed by atoms with Crippen LogP contribution in [0.25, 0.3) is 11.5 Å². The molecule has 0 fully saturated rings. The molecule has 2 aromatic heterocycles. The summed E-state index contributed by atoms with van der Waals surface area (Å²) in [5.74, 6) is 0.00517. The summed E-state index contributed by atoms with van der Waals surface area (Å²) in [7, 11) is 0. The zero-order valence-corrected chi connectivity index (χ0v) is 9.70. The molecule has 0 saturated heterocycles. The third-order valence-corrected chi connectivity index (χ3v) is 2.37. The Balaban J connectivity index is 1.81. The minimum absolute atomic E-state index is 0.163. The highest BCUT2D eigenvalue weighted by Gasteiger charge is 2.06. The SMILES string of the molecule is O=c1[nH]nc(-c2cnc(Nc3ccccc3)nc2)o1.